The molecule has 6 heteroatoms. The molecule has 1 heterocycles. The van der Waals surface area contributed by atoms with Gasteiger partial charge >= 0.3 is 0 Å². The minimum atomic E-state index is -0.847. The molecular formula is C27H26N4O2. The van der Waals surface area contributed by atoms with Crippen molar-refractivity contribution in [2.45, 2.75) is 45.1 Å². The highest BCUT2D eigenvalue weighted by atomic mass is 16.5. The number of hydrogen-bond acceptors (Lipinski definition) is 5. The molecule has 0 spiro atoms. The number of carbonyl (C=O) groups is 1. The molecule has 6 nitrogen and oxygen atoms in total. The van der Waals surface area contributed by atoms with Crippen LogP contribution in [0, 0.1) is 23.7 Å². The average Bonchev–Trinajstić information content (AvgIpc) is 3.76. The third-order valence-electron chi connectivity index (χ3n) is 6.40. The molecule has 0 radical (unpaired) electrons. The number of carbonyl (C=O) groups excluding carboxylic acids is 1. The maximum atomic E-state index is 12.5. The molecule has 0 aliphatic heterocycles. The molecule has 2 fully saturated rings. The predicted octanol–water partition coefficient (Wildman–Crippen LogP) is 5.83. The van der Waals surface area contributed by atoms with Gasteiger partial charge < -0.3 is 15.4 Å². The maximum absolute atomic E-state index is 12.5. The summed E-state index contributed by atoms with van der Waals surface area (Å²) >= 11 is 0. The Morgan fingerprint density at radius 2 is 1.94 bits per heavy atom. The normalized spacial score (nSPS) is 15.9. The maximum Gasteiger partial charge on any atom is 0.244 e. The van der Waals surface area contributed by atoms with Gasteiger partial charge in [0.1, 0.15) is 17.8 Å². The number of hydrogen-bond donors (Lipinski definition) is 2. The fraction of sp³-hybridized carbons (Fsp3) is 0.296. The summed E-state index contributed by atoms with van der Waals surface area (Å²) in [5, 5.41) is 15.8. The largest absolute Gasteiger partial charge is 0.487 e. The Morgan fingerprint density at radius 1 is 1.12 bits per heavy atom. The van der Waals surface area contributed by atoms with E-state index in [-0.39, 0.29) is 5.91 Å². The Labute approximate surface area is 193 Å². The lowest BCUT2D eigenvalue weighted by Crippen LogP contribution is -2.23. The monoisotopic (exact) mass is 438 g/mol. The molecule has 2 aliphatic rings. The third-order valence-corrected chi connectivity index (χ3v) is 6.40. The van der Waals surface area contributed by atoms with E-state index in [2.05, 4.69) is 33.8 Å². The highest BCUT2D eigenvalue weighted by Crippen LogP contribution is 2.47. The molecule has 2 aromatic carbocycles. The van der Waals surface area contributed by atoms with Gasteiger partial charge in [0.15, 0.2) is 0 Å². The van der Waals surface area contributed by atoms with E-state index < -0.39 is 5.41 Å². The molecule has 33 heavy (non-hydrogen) atoms. The lowest BCUT2D eigenvalue weighted by atomic mass is 10.1. The van der Waals surface area contributed by atoms with Gasteiger partial charge in [0.25, 0.3) is 0 Å². The molecular weight excluding hydrogens is 412 g/mol. The van der Waals surface area contributed by atoms with E-state index in [9.17, 15) is 10.1 Å². The van der Waals surface area contributed by atoms with E-state index >= 15 is 0 Å². The summed E-state index contributed by atoms with van der Waals surface area (Å²) in [7, 11) is 0. The zero-order valence-electron chi connectivity index (χ0n) is 18.6. The Bertz CT molecular complexity index is 1220. The summed E-state index contributed by atoms with van der Waals surface area (Å²) in [5.74, 6) is 1.15. The second-order valence-electron chi connectivity index (χ2n) is 8.88. The van der Waals surface area contributed by atoms with Crippen LogP contribution in [0.2, 0.25) is 0 Å². The van der Waals surface area contributed by atoms with Crippen molar-refractivity contribution in [2.75, 3.05) is 10.6 Å². The number of nitrogens with zero attached hydrogens (tertiary/aromatic N) is 2. The number of ether oxygens (including phenoxy) is 1. The topological polar surface area (TPSA) is 87.0 Å². The van der Waals surface area contributed by atoms with E-state index in [0.717, 1.165) is 34.1 Å². The first-order valence-corrected chi connectivity index (χ1v) is 11.3. The lowest BCUT2D eigenvalue weighted by Gasteiger charge is -2.18. The van der Waals surface area contributed by atoms with Crippen molar-refractivity contribution in [1.82, 2.24) is 4.98 Å². The highest BCUT2D eigenvalue weighted by Gasteiger charge is 2.50. The van der Waals surface area contributed by atoms with Crippen molar-refractivity contribution in [1.29, 1.82) is 5.26 Å². The predicted molar refractivity (Wildman–Crippen MR) is 127 cm³/mol. The van der Waals surface area contributed by atoms with Crippen LogP contribution < -0.4 is 15.4 Å². The van der Waals surface area contributed by atoms with Gasteiger partial charge in [0.2, 0.25) is 5.91 Å². The summed E-state index contributed by atoms with van der Waals surface area (Å²) in [6, 6.07) is 19.9. The van der Waals surface area contributed by atoms with E-state index in [1.165, 1.54) is 18.4 Å². The van der Waals surface area contributed by atoms with Gasteiger partial charge in [-0.3, -0.25) is 9.78 Å². The molecule has 0 atom stereocenters. The number of nitriles is 1. The molecule has 0 bridgehead atoms. The zero-order chi connectivity index (χ0) is 22.8. The van der Waals surface area contributed by atoms with Crippen LogP contribution >= 0.6 is 0 Å². The second kappa shape index (κ2) is 8.59. The fourth-order valence-corrected chi connectivity index (χ4v) is 3.93. The standard InChI is InChI=1S/C27H26N4O2/c1-18-23(6-4-7-24(18)31-26(32)27(17-28)12-13-27)30-25-11-10-21(15-22(25)19-8-9-19)33-16-20-5-2-3-14-29-20/h2-7,10-11,14-15,19,30H,8-9,12-13,16H2,1H3,(H,31,32). The molecule has 5 rings (SSSR count). The number of aromatic nitrogens is 1. The van der Waals surface area contributed by atoms with Crippen molar-refractivity contribution < 1.29 is 9.53 Å². The van der Waals surface area contributed by atoms with E-state index in [1.807, 2.05) is 49.4 Å². The smallest absolute Gasteiger partial charge is 0.244 e. The van der Waals surface area contributed by atoms with Gasteiger partial charge in [-0.25, -0.2) is 0 Å². The summed E-state index contributed by atoms with van der Waals surface area (Å²) in [5.41, 5.74) is 4.94. The number of nitrogens with one attached hydrogen (secondary N) is 2. The van der Waals surface area contributed by atoms with Gasteiger partial charge in [-0.1, -0.05) is 12.1 Å². The summed E-state index contributed by atoms with van der Waals surface area (Å²) in [6.07, 6.45) is 5.37. The number of rotatable bonds is 8. The molecule has 166 valence electrons. The van der Waals surface area contributed by atoms with Crippen molar-refractivity contribution in [3.63, 3.8) is 0 Å². The van der Waals surface area contributed by atoms with Crippen molar-refractivity contribution >= 4 is 23.0 Å². The minimum absolute atomic E-state index is 0.210. The van der Waals surface area contributed by atoms with E-state index in [0.29, 0.717) is 25.4 Å². The molecule has 0 saturated heterocycles. The van der Waals surface area contributed by atoms with Crippen molar-refractivity contribution in [3.8, 4) is 11.8 Å². The molecule has 3 aromatic rings. The quantitative estimate of drug-likeness (QED) is 0.462. The van der Waals surface area contributed by atoms with Crippen LogP contribution in [0.25, 0.3) is 0 Å². The second-order valence-corrected chi connectivity index (χ2v) is 8.88. The molecule has 1 amide bonds. The number of pyridine rings is 1. The number of amides is 1. The Balaban J connectivity index is 1.33. The zero-order valence-corrected chi connectivity index (χ0v) is 18.6. The Morgan fingerprint density at radius 3 is 2.64 bits per heavy atom. The van der Waals surface area contributed by atoms with Gasteiger partial charge in [-0.15, -0.1) is 0 Å². The molecule has 2 saturated carbocycles. The van der Waals surface area contributed by atoms with Crippen LogP contribution in [0.4, 0.5) is 17.1 Å². The van der Waals surface area contributed by atoms with Gasteiger partial charge in [-0.2, -0.15) is 5.26 Å². The summed E-state index contributed by atoms with van der Waals surface area (Å²) in [6.45, 7) is 2.41. The van der Waals surface area contributed by atoms with Crippen LogP contribution in [0.3, 0.4) is 0 Å². The van der Waals surface area contributed by atoms with Gasteiger partial charge in [0, 0.05) is 23.3 Å². The number of benzene rings is 2. The van der Waals surface area contributed by atoms with Crippen LogP contribution in [0.1, 0.15) is 48.4 Å². The molecule has 0 unspecified atom stereocenters. The summed E-state index contributed by atoms with van der Waals surface area (Å²) < 4.78 is 5.99. The first kappa shape index (κ1) is 21.0. The highest BCUT2D eigenvalue weighted by molar-refractivity contribution is 6.00. The minimum Gasteiger partial charge on any atom is -0.487 e. The van der Waals surface area contributed by atoms with Crippen LogP contribution in [-0.4, -0.2) is 10.9 Å². The molecule has 2 N–H and O–H groups in total. The molecule has 1 aromatic heterocycles. The van der Waals surface area contributed by atoms with E-state index in [4.69, 9.17) is 4.74 Å². The Hall–Kier alpha value is -3.85. The van der Waals surface area contributed by atoms with Crippen molar-refractivity contribution in [3.05, 3.63) is 77.6 Å². The molecule has 2 aliphatic carbocycles. The third kappa shape index (κ3) is 4.54. The van der Waals surface area contributed by atoms with Crippen LogP contribution in [-0.2, 0) is 11.4 Å². The first-order chi connectivity index (χ1) is 16.1. The number of anilines is 3. The Kier molecular flexibility index (Phi) is 5.47. The first-order valence-electron chi connectivity index (χ1n) is 11.3. The van der Waals surface area contributed by atoms with Crippen LogP contribution in [0.5, 0.6) is 5.75 Å². The van der Waals surface area contributed by atoms with Crippen molar-refractivity contribution in [2.24, 2.45) is 5.41 Å². The van der Waals surface area contributed by atoms with Gasteiger partial charge in [-0.05, 0) is 92.1 Å². The average molecular weight is 439 g/mol. The SMILES string of the molecule is Cc1c(NC(=O)C2(C#N)CC2)cccc1Nc1ccc(OCc2ccccn2)cc1C1CC1. The fourth-order valence-electron chi connectivity index (χ4n) is 3.93. The summed E-state index contributed by atoms with van der Waals surface area (Å²) in [4.78, 5) is 16.8. The van der Waals surface area contributed by atoms with Gasteiger partial charge in [0.05, 0.1) is 11.8 Å². The van der Waals surface area contributed by atoms with E-state index in [1.54, 1.807) is 6.20 Å². The lowest BCUT2D eigenvalue weighted by molar-refractivity contribution is -0.119. The van der Waals surface area contributed by atoms with Crippen LogP contribution in [0.15, 0.2) is 60.8 Å².